The molecule has 0 bridgehead atoms. The maximum atomic E-state index is 4.39. The zero-order valence-electron chi connectivity index (χ0n) is 23.2. The predicted octanol–water partition coefficient (Wildman–Crippen LogP) is 8.09. The van der Waals surface area contributed by atoms with Gasteiger partial charge in [-0.2, -0.15) is 0 Å². The van der Waals surface area contributed by atoms with Crippen LogP contribution in [0.2, 0.25) is 125 Å². The average Bonchev–Trinajstić information content (AvgIpc) is 2.27. The fourth-order valence-corrected chi connectivity index (χ4v) is 62.4. The van der Waals surface area contributed by atoms with Gasteiger partial charge in [0.05, 0.1) is 0 Å². The first kappa shape index (κ1) is 35.0. The summed E-state index contributed by atoms with van der Waals surface area (Å²) in [5.74, 6) is 0. The van der Waals surface area contributed by atoms with E-state index in [2.05, 4.69) is 91.7 Å². The van der Waals surface area contributed by atoms with E-state index in [0.29, 0.717) is 0 Å². The maximum Gasteiger partial charge on any atom is 0.0417 e. The molecule has 0 aliphatic heterocycles. The summed E-state index contributed by atoms with van der Waals surface area (Å²) in [4.78, 5) is 0. The summed E-state index contributed by atoms with van der Waals surface area (Å²) in [7, 11) is -4.44. The van der Waals surface area contributed by atoms with E-state index in [1.54, 1.807) is 34.0 Å². The normalized spacial score (nSPS) is 14.2. The van der Waals surface area contributed by atoms with E-state index < -0.39 is 32.3 Å². The molecule has 0 spiro atoms. The zero-order valence-corrected chi connectivity index (χ0v) is 34.1. The van der Waals surface area contributed by atoms with Gasteiger partial charge in [0.1, 0.15) is 0 Å². The Morgan fingerprint density at radius 2 is 0.700 bits per heavy atom. The maximum absolute atomic E-state index is 4.39. The van der Waals surface area contributed by atoms with Crippen molar-refractivity contribution in [3.05, 3.63) is 6.55 Å². The van der Waals surface area contributed by atoms with E-state index in [4.69, 9.17) is 0 Å². The molecule has 0 aromatic carbocycles. The van der Waals surface area contributed by atoms with Crippen LogP contribution in [-0.2, 0) is 32.7 Å². The van der Waals surface area contributed by atoms with Crippen LogP contribution in [0.3, 0.4) is 0 Å². The summed E-state index contributed by atoms with van der Waals surface area (Å²) < 4.78 is 0. The van der Waals surface area contributed by atoms with E-state index >= 15 is 0 Å². The third-order valence-corrected chi connectivity index (χ3v) is 49.6. The van der Waals surface area contributed by atoms with Crippen LogP contribution in [0.5, 0.6) is 0 Å². The molecule has 0 unspecified atom stereocenters. The van der Waals surface area contributed by atoms with Gasteiger partial charge >= 0.3 is 0 Å². The number of hydrogen-bond acceptors (Lipinski definition) is 0. The van der Waals surface area contributed by atoms with E-state index in [1.807, 2.05) is 0 Å². The molecule has 0 aliphatic carbocycles. The number of rotatable bonds is 14. The molecule has 0 amide bonds. The molecule has 0 N–H and O–H groups in total. The molecule has 0 atom stereocenters. The third kappa shape index (κ3) is 19.2. The third-order valence-electron chi connectivity index (χ3n) is 5.51. The molecule has 0 aromatic heterocycles. The molecule has 0 saturated heterocycles. The van der Waals surface area contributed by atoms with Crippen LogP contribution in [0.1, 0.15) is 0 Å². The van der Waals surface area contributed by atoms with Gasteiger partial charge in [-0.25, -0.2) is 0 Å². The molecule has 175 valence electrons. The van der Waals surface area contributed by atoms with Crippen LogP contribution in [-0.4, -0.2) is 67.5 Å². The van der Waals surface area contributed by atoms with Crippen LogP contribution in [0.15, 0.2) is 0 Å². The predicted molar refractivity (Wildman–Crippen MR) is 161 cm³/mol. The first-order valence-electron chi connectivity index (χ1n) is 11.8. The summed E-state index contributed by atoms with van der Waals surface area (Å²) in [6.07, 6.45) is 0. The van der Waals surface area contributed by atoms with Crippen molar-refractivity contribution in [3.63, 3.8) is 0 Å². The van der Waals surface area contributed by atoms with Gasteiger partial charge in [-0.05, 0) is 0 Å². The van der Waals surface area contributed by atoms with Crippen molar-refractivity contribution in [2.45, 2.75) is 125 Å². The van der Waals surface area contributed by atoms with Crippen molar-refractivity contribution in [1.82, 2.24) is 0 Å². The minimum Gasteiger partial charge on any atom is -0.346 e. The Hall–Kier alpha value is 2.84. The Labute approximate surface area is 229 Å². The van der Waals surface area contributed by atoms with Crippen LogP contribution in [0.25, 0.3) is 0 Å². The summed E-state index contributed by atoms with van der Waals surface area (Å²) >= 11 is 0. The van der Waals surface area contributed by atoms with Crippen molar-refractivity contribution in [1.29, 1.82) is 0 Å². The van der Waals surface area contributed by atoms with Crippen LogP contribution in [0.4, 0.5) is 0 Å². The van der Waals surface area contributed by atoms with Gasteiger partial charge < -0.3 is 6.55 Å². The first-order valence-corrected chi connectivity index (χ1v) is 35.4. The van der Waals surface area contributed by atoms with Gasteiger partial charge in [0.15, 0.2) is 0 Å². The molecule has 0 heterocycles. The van der Waals surface area contributed by atoms with Crippen LogP contribution in [0, 0.1) is 6.55 Å². The van der Waals surface area contributed by atoms with Crippen LogP contribution < -0.4 is 0 Å². The summed E-state index contributed by atoms with van der Waals surface area (Å²) in [6, 6.07) is 0. The molecular formula is C21H55Si8Y-. The van der Waals surface area contributed by atoms with Crippen LogP contribution >= 0.6 is 0 Å². The Kier molecular flexibility index (Phi) is 16.8. The molecule has 9 heteroatoms. The van der Waals surface area contributed by atoms with E-state index in [1.165, 1.54) is 5.67 Å². The van der Waals surface area contributed by atoms with Gasteiger partial charge in [-0.1, -0.05) is 125 Å². The largest absolute Gasteiger partial charge is 0.346 e. The van der Waals surface area contributed by atoms with E-state index in [9.17, 15) is 0 Å². The zero-order chi connectivity index (χ0) is 23.3. The second-order valence-electron chi connectivity index (χ2n) is 14.1. The monoisotopic (exact) mass is 620 g/mol. The van der Waals surface area contributed by atoms with Crippen molar-refractivity contribution in [2.24, 2.45) is 0 Å². The quantitative estimate of drug-likeness (QED) is 0.136. The first-order chi connectivity index (χ1) is 12.7. The molecular weight excluding hydrogens is 566 g/mol. The van der Waals surface area contributed by atoms with Crippen molar-refractivity contribution in [3.8, 4) is 0 Å². The SMILES string of the molecule is [CH2-][Si](C)C[Si](C)(C)C[Si](C)C[Si](C)(C)C[Si](C)C[Si](C)(C)C[Si](C)C[Si](C)(C)C.[Y]. The molecule has 30 heavy (non-hydrogen) atoms. The summed E-state index contributed by atoms with van der Waals surface area (Å²) in [6.45, 7) is 38.9. The molecule has 5 radical (unpaired) electrons. The summed E-state index contributed by atoms with van der Waals surface area (Å²) in [5.41, 5.74) is 11.6. The Morgan fingerprint density at radius 1 is 0.467 bits per heavy atom. The van der Waals surface area contributed by atoms with Gasteiger partial charge in [0, 0.05) is 91.4 Å². The molecule has 0 nitrogen and oxygen atoms in total. The topological polar surface area (TPSA) is 0 Å². The van der Waals surface area contributed by atoms with E-state index in [-0.39, 0.29) is 67.9 Å². The molecule has 0 fully saturated rings. The van der Waals surface area contributed by atoms with Gasteiger partial charge in [-0.3, -0.25) is 0 Å². The second kappa shape index (κ2) is 14.4. The standard InChI is InChI=1S/C21H55Si8.Y/c1-22(2)15-27(9,10)18-24(4)19-29(13,14)21-25(5)20-28(11,12)17-23(3)16-26(6,7)8;/h1,15-21H2,2-14H3;/q-1;. The molecule has 0 aliphatic rings. The molecule has 0 saturated carbocycles. The average molecular weight is 621 g/mol. The fourth-order valence-electron chi connectivity index (χ4n) is 6.18. The Morgan fingerprint density at radius 3 is 0.933 bits per heavy atom. The smallest absolute Gasteiger partial charge is 0.0417 e. The minimum atomic E-state index is -1.00. The Bertz CT molecular complexity index is 474. The second-order valence-corrected chi connectivity index (χ2v) is 49.8. The van der Waals surface area contributed by atoms with Crippen molar-refractivity contribution in [2.75, 3.05) is 0 Å². The van der Waals surface area contributed by atoms with Crippen molar-refractivity contribution >= 4 is 67.5 Å². The summed E-state index contributed by atoms with van der Waals surface area (Å²) in [5, 5.41) is 0. The number of hydrogen-bond donors (Lipinski definition) is 0. The fraction of sp³-hybridized carbons (Fsp3) is 0.952. The molecule has 0 rings (SSSR count). The van der Waals surface area contributed by atoms with E-state index in [0.717, 1.165) is 0 Å². The molecule has 0 aromatic rings. The minimum absolute atomic E-state index is 0. The van der Waals surface area contributed by atoms with Gasteiger partial charge in [-0.15, -0.1) is 8.80 Å². The Balaban J connectivity index is 0. The van der Waals surface area contributed by atoms with Gasteiger partial charge in [0.2, 0.25) is 0 Å². The van der Waals surface area contributed by atoms with Crippen molar-refractivity contribution < 1.29 is 32.7 Å². The van der Waals surface area contributed by atoms with Gasteiger partial charge in [0.25, 0.3) is 0 Å².